The lowest BCUT2D eigenvalue weighted by molar-refractivity contribution is 0.0936. The largest absolute Gasteiger partial charge is 0.399 e. The molecule has 2 atom stereocenters. The van der Waals surface area contributed by atoms with Crippen LogP contribution < -0.4 is 11.1 Å². The smallest absolute Gasteiger partial charge is 0.252 e. The Bertz CT molecular complexity index is 505. The summed E-state index contributed by atoms with van der Waals surface area (Å²) in [6, 6.07) is 3.11. The monoisotopic (exact) mass is 314 g/mol. The molecule has 0 spiro atoms. The zero-order chi connectivity index (χ0) is 14.7. The first kappa shape index (κ1) is 15.5. The summed E-state index contributed by atoms with van der Waals surface area (Å²) in [6.45, 7) is 2.93. The Balaban J connectivity index is 2.01. The molecule has 1 aliphatic carbocycles. The first-order valence-corrected chi connectivity index (χ1v) is 7.77. The minimum atomic E-state index is -0.207. The van der Waals surface area contributed by atoms with Crippen LogP contribution in [0, 0.1) is 11.8 Å². The average molecular weight is 315 g/mol. The van der Waals surface area contributed by atoms with Crippen molar-refractivity contribution in [1.82, 2.24) is 5.32 Å². The third-order valence-corrected chi connectivity index (χ3v) is 4.91. The van der Waals surface area contributed by atoms with Crippen LogP contribution in [0.25, 0.3) is 0 Å². The molecule has 0 heterocycles. The molecule has 1 fully saturated rings. The summed E-state index contributed by atoms with van der Waals surface area (Å²) in [6.07, 6.45) is 4.95. The van der Waals surface area contributed by atoms with Gasteiger partial charge in [0.1, 0.15) is 0 Å². The summed E-state index contributed by atoms with van der Waals surface area (Å²) in [4.78, 5) is 12.2. The molecule has 0 saturated heterocycles. The van der Waals surface area contributed by atoms with Crippen molar-refractivity contribution in [1.29, 1.82) is 0 Å². The fourth-order valence-electron chi connectivity index (χ4n) is 2.79. The lowest BCUT2D eigenvalue weighted by atomic mass is 9.80. The Hall–Kier alpha value is -0.930. The van der Waals surface area contributed by atoms with Crippen molar-refractivity contribution in [2.45, 2.75) is 32.6 Å². The van der Waals surface area contributed by atoms with Crippen LogP contribution in [0.5, 0.6) is 0 Å². The van der Waals surface area contributed by atoms with Gasteiger partial charge in [-0.2, -0.15) is 0 Å². The Morgan fingerprint density at radius 2 is 2.05 bits per heavy atom. The van der Waals surface area contributed by atoms with Crippen LogP contribution in [0.2, 0.25) is 10.0 Å². The molecule has 3 nitrogen and oxygen atoms in total. The Morgan fingerprint density at radius 1 is 1.35 bits per heavy atom. The van der Waals surface area contributed by atoms with Crippen LogP contribution in [0.4, 0.5) is 5.69 Å². The summed E-state index contributed by atoms with van der Waals surface area (Å²) >= 11 is 12.0. The molecule has 1 amide bonds. The third-order valence-electron chi connectivity index (χ3n) is 4.11. The van der Waals surface area contributed by atoms with Crippen LogP contribution in [-0.2, 0) is 0 Å². The van der Waals surface area contributed by atoms with E-state index in [4.69, 9.17) is 28.9 Å². The number of halogens is 2. The molecule has 0 aliphatic heterocycles. The molecule has 5 heteroatoms. The maximum Gasteiger partial charge on any atom is 0.252 e. The maximum atomic E-state index is 12.2. The minimum Gasteiger partial charge on any atom is -0.399 e. The lowest BCUT2D eigenvalue weighted by Gasteiger charge is -2.28. The van der Waals surface area contributed by atoms with Gasteiger partial charge in [-0.3, -0.25) is 4.79 Å². The number of nitrogens with one attached hydrogen (secondary N) is 1. The van der Waals surface area contributed by atoms with E-state index in [2.05, 4.69) is 12.2 Å². The zero-order valence-corrected chi connectivity index (χ0v) is 13.1. The number of carbonyl (C=O) groups is 1. The Kier molecular flexibility index (Phi) is 5.17. The van der Waals surface area contributed by atoms with E-state index in [9.17, 15) is 4.79 Å². The second kappa shape index (κ2) is 6.68. The van der Waals surface area contributed by atoms with Gasteiger partial charge in [-0.05, 0) is 30.4 Å². The third kappa shape index (κ3) is 3.58. The molecule has 0 aromatic heterocycles. The van der Waals surface area contributed by atoms with E-state index in [1.54, 1.807) is 12.1 Å². The van der Waals surface area contributed by atoms with Crippen molar-refractivity contribution in [2.75, 3.05) is 12.3 Å². The van der Waals surface area contributed by atoms with Gasteiger partial charge in [-0.25, -0.2) is 0 Å². The second-order valence-corrected chi connectivity index (χ2v) is 6.38. The van der Waals surface area contributed by atoms with E-state index in [0.29, 0.717) is 34.7 Å². The molecule has 2 unspecified atom stereocenters. The van der Waals surface area contributed by atoms with Gasteiger partial charge in [0.25, 0.3) is 5.91 Å². The van der Waals surface area contributed by atoms with Gasteiger partial charge in [0.15, 0.2) is 0 Å². The van der Waals surface area contributed by atoms with Gasteiger partial charge in [0.05, 0.1) is 15.6 Å². The molecule has 1 saturated carbocycles. The number of hydrogen-bond donors (Lipinski definition) is 2. The number of carbonyl (C=O) groups excluding carboxylic acids is 1. The Morgan fingerprint density at radius 3 is 2.75 bits per heavy atom. The number of hydrogen-bond acceptors (Lipinski definition) is 2. The van der Waals surface area contributed by atoms with E-state index in [1.807, 2.05) is 0 Å². The molecule has 0 bridgehead atoms. The van der Waals surface area contributed by atoms with Gasteiger partial charge < -0.3 is 11.1 Å². The highest BCUT2D eigenvalue weighted by Gasteiger charge is 2.22. The molecule has 110 valence electrons. The molecular weight excluding hydrogens is 295 g/mol. The van der Waals surface area contributed by atoms with E-state index >= 15 is 0 Å². The van der Waals surface area contributed by atoms with Crippen molar-refractivity contribution in [3.63, 3.8) is 0 Å². The Labute approximate surface area is 129 Å². The highest BCUT2D eigenvalue weighted by molar-refractivity contribution is 6.44. The number of nitrogen functional groups attached to an aromatic ring is 1. The number of rotatable bonds is 3. The van der Waals surface area contributed by atoms with Crippen molar-refractivity contribution in [3.05, 3.63) is 27.7 Å². The topological polar surface area (TPSA) is 55.1 Å². The number of anilines is 1. The normalized spacial score (nSPS) is 22.6. The first-order chi connectivity index (χ1) is 9.49. The van der Waals surface area contributed by atoms with Crippen molar-refractivity contribution < 1.29 is 4.79 Å². The van der Waals surface area contributed by atoms with Gasteiger partial charge in [-0.15, -0.1) is 0 Å². The minimum absolute atomic E-state index is 0.207. The number of nitrogens with two attached hydrogens (primary N) is 1. The van der Waals surface area contributed by atoms with Crippen LogP contribution in [-0.4, -0.2) is 12.5 Å². The first-order valence-electron chi connectivity index (χ1n) is 7.01. The molecule has 3 N–H and O–H groups in total. The molecule has 0 radical (unpaired) electrons. The molecule has 20 heavy (non-hydrogen) atoms. The highest BCUT2D eigenvalue weighted by atomic mass is 35.5. The fourth-order valence-corrected chi connectivity index (χ4v) is 3.21. The van der Waals surface area contributed by atoms with E-state index in [1.165, 1.54) is 25.7 Å². The van der Waals surface area contributed by atoms with Gasteiger partial charge in [0, 0.05) is 12.2 Å². The summed E-state index contributed by atoms with van der Waals surface area (Å²) in [5.41, 5.74) is 6.49. The lowest BCUT2D eigenvalue weighted by Crippen LogP contribution is -2.33. The number of benzene rings is 1. The molecular formula is C15H20Cl2N2O. The standard InChI is InChI=1S/C15H20Cl2N2O/c1-9-4-2-3-5-10(9)8-19-15(20)12-6-11(18)7-13(16)14(12)17/h6-7,9-10H,2-5,8,18H2,1H3,(H,19,20). The van der Waals surface area contributed by atoms with Gasteiger partial charge in [0.2, 0.25) is 0 Å². The predicted molar refractivity (Wildman–Crippen MR) is 84.3 cm³/mol. The highest BCUT2D eigenvalue weighted by Crippen LogP contribution is 2.30. The molecule has 2 rings (SSSR count). The van der Waals surface area contributed by atoms with Gasteiger partial charge in [-0.1, -0.05) is 49.4 Å². The van der Waals surface area contributed by atoms with E-state index in [-0.39, 0.29) is 10.9 Å². The van der Waals surface area contributed by atoms with E-state index < -0.39 is 0 Å². The number of amides is 1. The molecule has 1 aliphatic rings. The summed E-state index contributed by atoms with van der Waals surface area (Å²) < 4.78 is 0. The van der Waals surface area contributed by atoms with Gasteiger partial charge >= 0.3 is 0 Å². The summed E-state index contributed by atoms with van der Waals surface area (Å²) in [5.74, 6) is 0.994. The SMILES string of the molecule is CC1CCCCC1CNC(=O)c1cc(N)cc(Cl)c1Cl. The van der Waals surface area contributed by atoms with Crippen LogP contribution in [0.1, 0.15) is 43.0 Å². The predicted octanol–water partition coefficient (Wildman–Crippen LogP) is 4.13. The average Bonchev–Trinajstić information content (AvgIpc) is 2.41. The molecule has 1 aromatic carbocycles. The van der Waals surface area contributed by atoms with Crippen molar-refractivity contribution in [2.24, 2.45) is 11.8 Å². The van der Waals surface area contributed by atoms with Crippen LogP contribution in [0.15, 0.2) is 12.1 Å². The van der Waals surface area contributed by atoms with E-state index in [0.717, 1.165) is 0 Å². The van der Waals surface area contributed by atoms with Crippen LogP contribution in [0.3, 0.4) is 0 Å². The zero-order valence-electron chi connectivity index (χ0n) is 11.6. The van der Waals surface area contributed by atoms with Crippen LogP contribution >= 0.6 is 23.2 Å². The quantitative estimate of drug-likeness (QED) is 0.824. The van der Waals surface area contributed by atoms with Crippen molar-refractivity contribution >= 4 is 34.8 Å². The second-order valence-electron chi connectivity index (χ2n) is 5.60. The fraction of sp³-hybridized carbons (Fsp3) is 0.533. The van der Waals surface area contributed by atoms with Crippen molar-refractivity contribution in [3.8, 4) is 0 Å². The summed E-state index contributed by atoms with van der Waals surface area (Å²) in [7, 11) is 0. The molecule has 1 aromatic rings. The maximum absolute atomic E-state index is 12.2. The summed E-state index contributed by atoms with van der Waals surface area (Å²) in [5, 5.41) is 3.52.